The van der Waals surface area contributed by atoms with E-state index in [1.165, 1.54) is 0 Å². The van der Waals surface area contributed by atoms with Crippen LogP contribution >= 0.6 is 0 Å². The van der Waals surface area contributed by atoms with Gasteiger partial charge in [0.25, 0.3) is 0 Å². The third kappa shape index (κ3) is 5.01. The van der Waals surface area contributed by atoms with Gasteiger partial charge in [-0.3, -0.25) is 0 Å². The number of nitrogens with two attached hydrogens (primary N) is 1. The molecule has 0 bridgehead atoms. The lowest BCUT2D eigenvalue weighted by Crippen LogP contribution is -2.47. The van der Waals surface area contributed by atoms with Gasteiger partial charge in [0.2, 0.25) is 0 Å². The Bertz CT molecular complexity index is 297. The Balaban J connectivity index is 2.63. The SMILES string of the molecule is CC(C)C1CN(C(=O)OC(C)(C)C)CCC1CCN. The number of hydrogen-bond acceptors (Lipinski definition) is 3. The van der Waals surface area contributed by atoms with Crippen LogP contribution in [0.15, 0.2) is 0 Å². The van der Waals surface area contributed by atoms with E-state index in [-0.39, 0.29) is 6.09 Å². The third-order valence-corrected chi connectivity index (χ3v) is 3.85. The Morgan fingerprint density at radius 1 is 1.42 bits per heavy atom. The highest BCUT2D eigenvalue weighted by Crippen LogP contribution is 2.32. The van der Waals surface area contributed by atoms with Crippen LogP contribution in [0.1, 0.15) is 47.5 Å². The molecule has 1 aliphatic rings. The van der Waals surface area contributed by atoms with Crippen molar-refractivity contribution in [3.05, 3.63) is 0 Å². The summed E-state index contributed by atoms with van der Waals surface area (Å²) < 4.78 is 5.46. The van der Waals surface area contributed by atoms with Crippen molar-refractivity contribution in [2.75, 3.05) is 19.6 Å². The smallest absolute Gasteiger partial charge is 0.410 e. The lowest BCUT2D eigenvalue weighted by molar-refractivity contribution is 0.00500. The van der Waals surface area contributed by atoms with Gasteiger partial charge in [0.15, 0.2) is 0 Å². The molecule has 0 saturated carbocycles. The second kappa shape index (κ2) is 6.60. The van der Waals surface area contributed by atoms with E-state index in [0.29, 0.717) is 17.8 Å². The average Bonchev–Trinajstić information content (AvgIpc) is 2.27. The van der Waals surface area contributed by atoms with Crippen molar-refractivity contribution in [1.82, 2.24) is 4.90 Å². The third-order valence-electron chi connectivity index (χ3n) is 3.85. The van der Waals surface area contributed by atoms with E-state index in [9.17, 15) is 4.79 Å². The summed E-state index contributed by atoms with van der Waals surface area (Å²) in [5.41, 5.74) is 5.28. The first-order valence-corrected chi connectivity index (χ1v) is 7.42. The molecule has 0 aromatic heterocycles. The number of rotatable bonds is 3. The van der Waals surface area contributed by atoms with E-state index in [1.807, 2.05) is 25.7 Å². The minimum Gasteiger partial charge on any atom is -0.444 e. The number of amides is 1. The Morgan fingerprint density at radius 3 is 2.53 bits per heavy atom. The van der Waals surface area contributed by atoms with Crippen molar-refractivity contribution in [1.29, 1.82) is 0 Å². The molecule has 1 aliphatic heterocycles. The van der Waals surface area contributed by atoms with Gasteiger partial charge in [-0.25, -0.2) is 4.79 Å². The van der Waals surface area contributed by atoms with Gasteiger partial charge in [0.05, 0.1) is 0 Å². The van der Waals surface area contributed by atoms with E-state index >= 15 is 0 Å². The van der Waals surface area contributed by atoms with Gasteiger partial charge < -0.3 is 15.4 Å². The maximum Gasteiger partial charge on any atom is 0.410 e. The van der Waals surface area contributed by atoms with Crippen molar-refractivity contribution in [2.24, 2.45) is 23.5 Å². The highest BCUT2D eigenvalue weighted by molar-refractivity contribution is 5.68. The zero-order valence-electron chi connectivity index (χ0n) is 13.1. The largest absolute Gasteiger partial charge is 0.444 e. The molecule has 19 heavy (non-hydrogen) atoms. The summed E-state index contributed by atoms with van der Waals surface area (Å²) in [5.74, 6) is 1.75. The molecule has 1 amide bonds. The predicted octanol–water partition coefficient (Wildman–Crippen LogP) is 2.86. The highest BCUT2D eigenvalue weighted by Gasteiger charge is 2.34. The van der Waals surface area contributed by atoms with Crippen molar-refractivity contribution >= 4 is 6.09 Å². The Kier molecular flexibility index (Phi) is 5.65. The Labute approximate surface area is 117 Å². The molecule has 1 heterocycles. The van der Waals surface area contributed by atoms with Crippen LogP contribution in [0.4, 0.5) is 4.79 Å². The van der Waals surface area contributed by atoms with E-state index in [0.717, 1.165) is 32.5 Å². The van der Waals surface area contributed by atoms with Gasteiger partial charge in [-0.1, -0.05) is 13.8 Å². The quantitative estimate of drug-likeness (QED) is 0.858. The number of carbonyl (C=O) groups is 1. The van der Waals surface area contributed by atoms with Gasteiger partial charge >= 0.3 is 6.09 Å². The number of hydrogen-bond donors (Lipinski definition) is 1. The number of likely N-dealkylation sites (tertiary alicyclic amines) is 1. The van der Waals surface area contributed by atoms with Gasteiger partial charge in [-0.15, -0.1) is 0 Å². The van der Waals surface area contributed by atoms with E-state index in [4.69, 9.17) is 10.5 Å². The second-order valence-corrected chi connectivity index (χ2v) is 6.96. The first kappa shape index (κ1) is 16.3. The molecule has 1 rings (SSSR count). The molecule has 0 aliphatic carbocycles. The van der Waals surface area contributed by atoms with Crippen molar-refractivity contribution in [3.63, 3.8) is 0 Å². The lowest BCUT2D eigenvalue weighted by Gasteiger charge is -2.41. The molecular weight excluding hydrogens is 240 g/mol. The predicted molar refractivity (Wildman–Crippen MR) is 77.9 cm³/mol. The summed E-state index contributed by atoms with van der Waals surface area (Å²) in [5, 5.41) is 0. The fourth-order valence-electron chi connectivity index (χ4n) is 2.85. The van der Waals surface area contributed by atoms with Crippen molar-refractivity contribution in [3.8, 4) is 0 Å². The summed E-state index contributed by atoms with van der Waals surface area (Å²) >= 11 is 0. The zero-order chi connectivity index (χ0) is 14.6. The minimum atomic E-state index is -0.418. The highest BCUT2D eigenvalue weighted by atomic mass is 16.6. The molecule has 112 valence electrons. The Hall–Kier alpha value is -0.770. The first-order chi connectivity index (χ1) is 8.74. The van der Waals surface area contributed by atoms with Crippen LogP contribution in [-0.2, 0) is 4.74 Å². The summed E-state index contributed by atoms with van der Waals surface area (Å²) in [4.78, 5) is 14.0. The van der Waals surface area contributed by atoms with Crippen LogP contribution < -0.4 is 5.73 Å². The number of piperidine rings is 1. The van der Waals surface area contributed by atoms with Crippen LogP contribution in [-0.4, -0.2) is 36.2 Å². The van der Waals surface area contributed by atoms with Crippen molar-refractivity contribution < 1.29 is 9.53 Å². The molecule has 2 N–H and O–H groups in total. The average molecular weight is 270 g/mol. The zero-order valence-corrected chi connectivity index (χ0v) is 13.1. The van der Waals surface area contributed by atoms with Crippen molar-refractivity contribution in [2.45, 2.75) is 53.1 Å². The number of carbonyl (C=O) groups excluding carboxylic acids is 1. The molecule has 0 aromatic rings. The maximum atomic E-state index is 12.1. The second-order valence-electron chi connectivity index (χ2n) is 6.96. The van der Waals surface area contributed by atoms with E-state index < -0.39 is 5.60 Å². The molecule has 0 aromatic carbocycles. The van der Waals surface area contributed by atoms with Gasteiger partial charge in [0, 0.05) is 13.1 Å². The minimum absolute atomic E-state index is 0.177. The molecule has 4 heteroatoms. The van der Waals surface area contributed by atoms with E-state index in [1.54, 1.807) is 0 Å². The van der Waals surface area contributed by atoms with Crippen LogP contribution in [0, 0.1) is 17.8 Å². The molecule has 0 spiro atoms. The molecule has 1 fully saturated rings. The summed E-state index contributed by atoms with van der Waals surface area (Å²) in [7, 11) is 0. The summed E-state index contributed by atoms with van der Waals surface area (Å²) in [6.45, 7) is 12.5. The van der Waals surface area contributed by atoms with Gasteiger partial charge in [-0.2, -0.15) is 0 Å². The Morgan fingerprint density at radius 2 is 2.05 bits per heavy atom. The molecule has 2 unspecified atom stereocenters. The monoisotopic (exact) mass is 270 g/mol. The fourth-order valence-corrected chi connectivity index (χ4v) is 2.85. The van der Waals surface area contributed by atoms with Gasteiger partial charge in [-0.05, 0) is 57.9 Å². The first-order valence-electron chi connectivity index (χ1n) is 7.42. The van der Waals surface area contributed by atoms with Crippen LogP contribution in [0.3, 0.4) is 0 Å². The number of nitrogens with zero attached hydrogens (tertiary/aromatic N) is 1. The van der Waals surface area contributed by atoms with Crippen LogP contribution in [0.25, 0.3) is 0 Å². The number of ether oxygens (including phenoxy) is 1. The standard InChI is InChI=1S/C15H30N2O2/c1-11(2)13-10-17(9-7-12(13)6-8-16)14(18)19-15(3,4)5/h11-13H,6-10,16H2,1-5H3. The molecular formula is C15H30N2O2. The molecule has 2 atom stereocenters. The topological polar surface area (TPSA) is 55.6 Å². The van der Waals surface area contributed by atoms with Crippen LogP contribution in [0.2, 0.25) is 0 Å². The van der Waals surface area contributed by atoms with Crippen LogP contribution in [0.5, 0.6) is 0 Å². The van der Waals surface area contributed by atoms with E-state index in [2.05, 4.69) is 13.8 Å². The maximum absolute atomic E-state index is 12.1. The molecule has 4 nitrogen and oxygen atoms in total. The normalized spacial score (nSPS) is 24.7. The molecule has 0 radical (unpaired) electrons. The summed E-state index contributed by atoms with van der Waals surface area (Å²) in [6.07, 6.45) is 1.92. The van der Waals surface area contributed by atoms with Gasteiger partial charge in [0.1, 0.15) is 5.60 Å². The fraction of sp³-hybridized carbons (Fsp3) is 0.933. The lowest BCUT2D eigenvalue weighted by atomic mass is 9.77. The summed E-state index contributed by atoms with van der Waals surface area (Å²) in [6, 6.07) is 0. The molecule has 1 saturated heterocycles.